The van der Waals surface area contributed by atoms with E-state index in [-0.39, 0.29) is 11.7 Å². The van der Waals surface area contributed by atoms with Crippen LogP contribution in [0.1, 0.15) is 12.5 Å². The van der Waals surface area contributed by atoms with Crippen LogP contribution in [0.25, 0.3) is 11.4 Å². The van der Waals surface area contributed by atoms with Crippen LogP contribution >= 0.6 is 23.4 Å². The summed E-state index contributed by atoms with van der Waals surface area (Å²) in [5.41, 5.74) is 2.85. The summed E-state index contributed by atoms with van der Waals surface area (Å²) in [7, 11) is 1.86. The van der Waals surface area contributed by atoms with Crippen LogP contribution < -0.4 is 5.32 Å². The topological polar surface area (TPSA) is 59.8 Å². The van der Waals surface area contributed by atoms with Crippen molar-refractivity contribution in [3.8, 4) is 11.4 Å². The van der Waals surface area contributed by atoms with E-state index in [0.717, 1.165) is 17.7 Å². The van der Waals surface area contributed by atoms with Crippen molar-refractivity contribution >= 4 is 35.0 Å². The molecule has 0 bridgehead atoms. The third-order valence-corrected chi connectivity index (χ3v) is 5.28. The number of nitrogens with zero attached hydrogens (tertiary/aromatic N) is 3. The van der Waals surface area contributed by atoms with Crippen LogP contribution in [0.3, 0.4) is 0 Å². The van der Waals surface area contributed by atoms with Crippen molar-refractivity contribution in [1.82, 2.24) is 14.8 Å². The lowest BCUT2D eigenvalue weighted by Gasteiger charge is -2.07. The van der Waals surface area contributed by atoms with Gasteiger partial charge in [0.2, 0.25) is 5.91 Å². The number of hydrogen-bond donors (Lipinski definition) is 1. The molecule has 1 amide bonds. The first-order chi connectivity index (χ1) is 12.6. The van der Waals surface area contributed by atoms with E-state index in [1.807, 2.05) is 60.1 Å². The van der Waals surface area contributed by atoms with Crippen LogP contribution in [0.5, 0.6) is 0 Å². The molecule has 0 fully saturated rings. The number of anilines is 1. The number of benzene rings is 2. The number of hydrogen-bond acceptors (Lipinski definition) is 4. The molecule has 0 aliphatic rings. The van der Waals surface area contributed by atoms with Gasteiger partial charge in [-0.1, -0.05) is 54.6 Å². The van der Waals surface area contributed by atoms with E-state index in [9.17, 15) is 4.79 Å². The predicted octanol–water partition coefficient (Wildman–Crippen LogP) is 4.43. The van der Waals surface area contributed by atoms with E-state index in [4.69, 9.17) is 11.6 Å². The van der Waals surface area contributed by atoms with E-state index in [1.165, 1.54) is 17.3 Å². The lowest BCUT2D eigenvalue weighted by atomic mass is 10.1. The highest BCUT2D eigenvalue weighted by Crippen LogP contribution is 2.28. The van der Waals surface area contributed by atoms with Crippen LogP contribution in [-0.4, -0.2) is 26.4 Å². The lowest BCUT2D eigenvalue weighted by Crippen LogP contribution is -2.14. The average Bonchev–Trinajstić information content (AvgIpc) is 3.01. The zero-order chi connectivity index (χ0) is 18.5. The number of aryl methyl sites for hydroxylation is 1. The average molecular weight is 387 g/mol. The van der Waals surface area contributed by atoms with Crippen molar-refractivity contribution in [2.45, 2.75) is 18.5 Å². The van der Waals surface area contributed by atoms with Crippen LogP contribution in [-0.2, 0) is 18.3 Å². The minimum atomic E-state index is -0.0819. The van der Waals surface area contributed by atoms with Crippen molar-refractivity contribution in [2.75, 3.05) is 11.1 Å². The molecule has 3 aromatic rings. The van der Waals surface area contributed by atoms with Gasteiger partial charge in [-0.15, -0.1) is 10.2 Å². The zero-order valence-electron chi connectivity index (χ0n) is 14.6. The van der Waals surface area contributed by atoms with E-state index >= 15 is 0 Å². The molecule has 0 saturated carbocycles. The highest BCUT2D eigenvalue weighted by Gasteiger charge is 2.14. The first-order valence-corrected chi connectivity index (χ1v) is 9.60. The molecule has 1 heterocycles. The molecule has 134 valence electrons. The van der Waals surface area contributed by atoms with Crippen molar-refractivity contribution in [3.05, 3.63) is 59.1 Å². The lowest BCUT2D eigenvalue weighted by molar-refractivity contribution is -0.113. The quantitative estimate of drug-likeness (QED) is 0.636. The molecule has 0 aliphatic carbocycles. The Morgan fingerprint density at radius 1 is 1.15 bits per heavy atom. The van der Waals surface area contributed by atoms with Crippen LogP contribution in [0.4, 0.5) is 5.69 Å². The Labute approximate surface area is 161 Å². The molecule has 1 aromatic heterocycles. The predicted molar refractivity (Wildman–Crippen MR) is 107 cm³/mol. The van der Waals surface area contributed by atoms with Gasteiger partial charge in [0.15, 0.2) is 11.0 Å². The van der Waals surface area contributed by atoms with Gasteiger partial charge in [-0.25, -0.2) is 0 Å². The second-order valence-electron chi connectivity index (χ2n) is 5.73. The zero-order valence-corrected chi connectivity index (χ0v) is 16.1. The SMILES string of the molecule is CCc1ccc(NC(=O)CSc2nnc(-c3ccccc3Cl)n2C)cc1. The number of amides is 1. The molecule has 0 spiro atoms. The van der Waals surface area contributed by atoms with Crippen molar-refractivity contribution in [2.24, 2.45) is 7.05 Å². The molecule has 1 N–H and O–H groups in total. The van der Waals surface area contributed by atoms with Crippen molar-refractivity contribution < 1.29 is 4.79 Å². The Hall–Kier alpha value is -2.31. The Balaban J connectivity index is 1.63. The summed E-state index contributed by atoms with van der Waals surface area (Å²) >= 11 is 7.56. The summed E-state index contributed by atoms with van der Waals surface area (Å²) in [6, 6.07) is 15.3. The number of carbonyl (C=O) groups is 1. The fourth-order valence-corrected chi connectivity index (χ4v) is 3.40. The summed E-state index contributed by atoms with van der Waals surface area (Å²) < 4.78 is 1.84. The first-order valence-electron chi connectivity index (χ1n) is 8.24. The fourth-order valence-electron chi connectivity index (χ4n) is 2.47. The summed E-state index contributed by atoms with van der Waals surface area (Å²) in [4.78, 5) is 12.2. The monoisotopic (exact) mass is 386 g/mol. The number of carbonyl (C=O) groups excluding carboxylic acids is 1. The van der Waals surface area contributed by atoms with Gasteiger partial charge >= 0.3 is 0 Å². The van der Waals surface area contributed by atoms with Crippen LogP contribution in [0, 0.1) is 0 Å². The van der Waals surface area contributed by atoms with Gasteiger partial charge in [0.25, 0.3) is 0 Å². The van der Waals surface area contributed by atoms with E-state index in [1.54, 1.807) is 0 Å². The summed E-state index contributed by atoms with van der Waals surface area (Å²) in [6.07, 6.45) is 0.976. The summed E-state index contributed by atoms with van der Waals surface area (Å²) in [5, 5.41) is 12.5. The molecule has 7 heteroatoms. The Kier molecular flexibility index (Phi) is 5.96. The molecule has 0 atom stereocenters. The second-order valence-corrected chi connectivity index (χ2v) is 7.08. The van der Waals surface area contributed by atoms with Crippen molar-refractivity contribution in [3.63, 3.8) is 0 Å². The molecule has 3 rings (SSSR count). The molecule has 0 radical (unpaired) electrons. The molecular formula is C19H19ClN4OS. The molecule has 26 heavy (non-hydrogen) atoms. The Morgan fingerprint density at radius 2 is 1.88 bits per heavy atom. The molecule has 0 unspecified atom stereocenters. The molecule has 0 saturated heterocycles. The Bertz CT molecular complexity index is 908. The van der Waals surface area contributed by atoms with Crippen molar-refractivity contribution in [1.29, 1.82) is 0 Å². The van der Waals surface area contributed by atoms with E-state index < -0.39 is 0 Å². The third-order valence-electron chi connectivity index (χ3n) is 3.93. The number of halogens is 1. The summed E-state index contributed by atoms with van der Waals surface area (Å²) in [5.74, 6) is 0.847. The normalized spacial score (nSPS) is 10.7. The minimum absolute atomic E-state index is 0.0819. The number of rotatable bonds is 6. The molecule has 5 nitrogen and oxygen atoms in total. The van der Waals surface area contributed by atoms with Gasteiger partial charge in [0.05, 0.1) is 10.8 Å². The van der Waals surface area contributed by atoms with Gasteiger partial charge in [0, 0.05) is 18.3 Å². The number of aromatic nitrogens is 3. The maximum Gasteiger partial charge on any atom is 0.234 e. The van der Waals surface area contributed by atoms with Gasteiger partial charge in [-0.05, 0) is 36.2 Å². The summed E-state index contributed by atoms with van der Waals surface area (Å²) in [6.45, 7) is 2.10. The second kappa shape index (κ2) is 8.38. The van der Waals surface area contributed by atoms with Gasteiger partial charge in [-0.3, -0.25) is 4.79 Å². The smallest absolute Gasteiger partial charge is 0.234 e. The standard InChI is InChI=1S/C19H19ClN4OS/c1-3-13-8-10-14(11-9-13)21-17(25)12-26-19-23-22-18(24(19)2)15-6-4-5-7-16(15)20/h4-11H,3,12H2,1-2H3,(H,21,25). The fraction of sp³-hybridized carbons (Fsp3) is 0.211. The first kappa shape index (κ1) is 18.5. The maximum absolute atomic E-state index is 12.2. The molecule has 2 aromatic carbocycles. The maximum atomic E-state index is 12.2. The van der Waals surface area contributed by atoms with Crippen LogP contribution in [0.15, 0.2) is 53.7 Å². The van der Waals surface area contributed by atoms with Gasteiger partial charge in [-0.2, -0.15) is 0 Å². The number of nitrogens with one attached hydrogen (secondary N) is 1. The van der Waals surface area contributed by atoms with E-state index in [0.29, 0.717) is 16.0 Å². The molecule has 0 aliphatic heterocycles. The van der Waals surface area contributed by atoms with Gasteiger partial charge < -0.3 is 9.88 Å². The Morgan fingerprint density at radius 3 is 2.58 bits per heavy atom. The van der Waals surface area contributed by atoms with Crippen LogP contribution in [0.2, 0.25) is 5.02 Å². The van der Waals surface area contributed by atoms with E-state index in [2.05, 4.69) is 22.4 Å². The highest BCUT2D eigenvalue weighted by atomic mass is 35.5. The molecular weight excluding hydrogens is 368 g/mol. The third kappa shape index (κ3) is 4.26. The number of thioether (sulfide) groups is 1. The largest absolute Gasteiger partial charge is 0.325 e. The highest BCUT2D eigenvalue weighted by molar-refractivity contribution is 7.99. The minimum Gasteiger partial charge on any atom is -0.325 e. The van der Waals surface area contributed by atoms with Gasteiger partial charge in [0.1, 0.15) is 0 Å².